The van der Waals surface area contributed by atoms with E-state index in [9.17, 15) is 14.0 Å². The van der Waals surface area contributed by atoms with Crippen LogP contribution in [-0.2, 0) is 6.54 Å². The van der Waals surface area contributed by atoms with E-state index in [4.69, 9.17) is 0 Å². The number of aromatic nitrogens is 1. The lowest BCUT2D eigenvalue weighted by Gasteiger charge is -2.43. The third kappa shape index (κ3) is 3.17. The van der Waals surface area contributed by atoms with Gasteiger partial charge in [0.1, 0.15) is 5.82 Å². The number of carbonyl (C=O) groups excluding carboxylic acids is 1. The summed E-state index contributed by atoms with van der Waals surface area (Å²) in [6.45, 7) is 1.82. The Morgan fingerprint density at radius 2 is 1.78 bits per heavy atom. The number of pyridine rings is 1. The summed E-state index contributed by atoms with van der Waals surface area (Å²) in [7, 11) is 0. The molecular weight excluding hydrogens is 423 g/mol. The van der Waals surface area contributed by atoms with Crippen molar-refractivity contribution < 1.29 is 9.18 Å². The van der Waals surface area contributed by atoms with Crippen molar-refractivity contribution in [1.82, 2.24) is 9.47 Å². The number of halogens is 1. The van der Waals surface area contributed by atoms with Crippen LogP contribution in [0.5, 0.6) is 0 Å². The minimum absolute atomic E-state index is 0.0575. The number of amides is 1. The number of hydrogen-bond acceptors (Lipinski definition) is 3. The lowest BCUT2D eigenvalue weighted by Crippen LogP contribution is -2.49. The number of carbonyl (C=O) groups is 1. The van der Waals surface area contributed by atoms with E-state index < -0.39 is 0 Å². The molecule has 2 bridgehead atoms. The van der Waals surface area contributed by atoms with Gasteiger partial charge in [-0.25, -0.2) is 4.39 Å². The standard InChI is InChI=1S/C26H21FN2O2S/c27-20-7-5-17(6-8-20)25(30)28-13-16-11-19(15-28)22-10-9-21(26(31)29(22)14-16)24-12-18-3-1-2-4-23(18)32-24/h1-10,12,16,19H,11,13-15H2. The molecule has 2 aliphatic heterocycles. The summed E-state index contributed by atoms with van der Waals surface area (Å²) in [5, 5.41) is 1.15. The van der Waals surface area contributed by atoms with E-state index >= 15 is 0 Å². The molecule has 4 heterocycles. The molecular formula is C26H21FN2O2S. The van der Waals surface area contributed by atoms with E-state index in [-0.39, 0.29) is 29.1 Å². The highest BCUT2D eigenvalue weighted by Crippen LogP contribution is 2.37. The van der Waals surface area contributed by atoms with Gasteiger partial charge in [-0.05, 0) is 66.3 Å². The summed E-state index contributed by atoms with van der Waals surface area (Å²) >= 11 is 1.65. The number of likely N-dealkylation sites (tertiary alicyclic amines) is 1. The van der Waals surface area contributed by atoms with Gasteiger partial charge in [0.15, 0.2) is 0 Å². The maximum Gasteiger partial charge on any atom is 0.259 e. The largest absolute Gasteiger partial charge is 0.338 e. The fraction of sp³-hybridized carbons (Fsp3) is 0.231. The van der Waals surface area contributed by atoms with Crippen molar-refractivity contribution in [3.63, 3.8) is 0 Å². The second kappa shape index (κ2) is 7.41. The molecule has 0 N–H and O–H groups in total. The Morgan fingerprint density at radius 1 is 0.969 bits per heavy atom. The topological polar surface area (TPSA) is 42.3 Å². The molecule has 4 nitrogen and oxygen atoms in total. The lowest BCUT2D eigenvalue weighted by molar-refractivity contribution is 0.0594. The molecule has 2 aromatic carbocycles. The van der Waals surface area contributed by atoms with Crippen molar-refractivity contribution in [2.45, 2.75) is 18.9 Å². The lowest BCUT2D eigenvalue weighted by atomic mass is 9.82. The maximum atomic E-state index is 13.4. The first-order valence-corrected chi connectivity index (χ1v) is 11.7. The van der Waals surface area contributed by atoms with Crippen LogP contribution in [0.25, 0.3) is 20.5 Å². The van der Waals surface area contributed by atoms with Crippen LogP contribution in [0, 0.1) is 11.7 Å². The summed E-state index contributed by atoms with van der Waals surface area (Å²) in [5.41, 5.74) is 2.31. The van der Waals surface area contributed by atoms with Crippen molar-refractivity contribution in [1.29, 1.82) is 0 Å². The zero-order valence-corrected chi connectivity index (χ0v) is 18.1. The number of hydrogen-bond donors (Lipinski definition) is 0. The Hall–Kier alpha value is -3.25. The Morgan fingerprint density at radius 3 is 2.59 bits per heavy atom. The molecule has 2 unspecified atom stereocenters. The molecule has 0 spiro atoms. The van der Waals surface area contributed by atoms with Crippen molar-refractivity contribution in [2.75, 3.05) is 13.1 Å². The molecule has 6 rings (SSSR count). The van der Waals surface area contributed by atoms with Gasteiger partial charge in [0.05, 0.1) is 5.56 Å². The predicted octanol–water partition coefficient (Wildman–Crippen LogP) is 5.13. The third-order valence-corrected chi connectivity index (χ3v) is 7.82. The highest BCUT2D eigenvalue weighted by Gasteiger charge is 2.37. The van der Waals surface area contributed by atoms with Crippen molar-refractivity contribution in [2.24, 2.45) is 5.92 Å². The van der Waals surface area contributed by atoms with Gasteiger partial charge >= 0.3 is 0 Å². The molecule has 0 saturated carbocycles. The Labute approximate surface area is 188 Å². The van der Waals surface area contributed by atoms with E-state index in [1.807, 2.05) is 27.7 Å². The molecule has 0 aliphatic carbocycles. The number of thiophene rings is 1. The van der Waals surface area contributed by atoms with Gasteiger partial charge in [-0.15, -0.1) is 11.3 Å². The summed E-state index contributed by atoms with van der Waals surface area (Å²) in [5.74, 6) is -0.0470. The van der Waals surface area contributed by atoms with Gasteiger partial charge in [-0.2, -0.15) is 0 Å². The predicted molar refractivity (Wildman–Crippen MR) is 125 cm³/mol. The number of rotatable bonds is 2. The fourth-order valence-electron chi connectivity index (χ4n) is 5.19. The zero-order valence-electron chi connectivity index (χ0n) is 17.3. The van der Waals surface area contributed by atoms with Crippen molar-refractivity contribution in [3.05, 3.63) is 94.2 Å². The van der Waals surface area contributed by atoms with E-state index in [0.717, 1.165) is 27.9 Å². The SMILES string of the molecule is O=C(c1ccc(F)cc1)N1CC2CC(C1)c1ccc(-c3cc4ccccc4s3)c(=O)n1C2. The number of nitrogens with zero attached hydrogens (tertiary/aromatic N) is 2. The van der Waals surface area contributed by atoms with Crippen LogP contribution in [-0.4, -0.2) is 28.5 Å². The molecule has 1 fully saturated rings. The Bertz CT molecular complexity index is 1370. The van der Waals surface area contributed by atoms with Gasteiger partial charge in [-0.3, -0.25) is 9.59 Å². The van der Waals surface area contributed by atoms with Gasteiger partial charge in [0.2, 0.25) is 0 Å². The second-order valence-corrected chi connectivity index (χ2v) is 9.84. The molecule has 160 valence electrons. The third-order valence-electron chi connectivity index (χ3n) is 6.67. The van der Waals surface area contributed by atoms with Crippen LogP contribution >= 0.6 is 11.3 Å². The minimum Gasteiger partial charge on any atom is -0.338 e. The monoisotopic (exact) mass is 444 g/mol. The van der Waals surface area contributed by atoms with Gasteiger partial charge in [-0.1, -0.05) is 18.2 Å². The summed E-state index contributed by atoms with van der Waals surface area (Å²) in [6, 6.07) is 20.0. The molecule has 1 saturated heterocycles. The first-order valence-electron chi connectivity index (χ1n) is 10.8. The molecule has 32 heavy (non-hydrogen) atoms. The molecule has 2 aromatic heterocycles. The Balaban J connectivity index is 1.32. The van der Waals surface area contributed by atoms with E-state index in [1.165, 1.54) is 29.0 Å². The van der Waals surface area contributed by atoms with Crippen LogP contribution in [0.1, 0.15) is 28.4 Å². The fourth-order valence-corrected chi connectivity index (χ4v) is 6.27. The smallest absolute Gasteiger partial charge is 0.259 e. The summed E-state index contributed by atoms with van der Waals surface area (Å²) in [6.07, 6.45) is 0.981. The first kappa shape index (κ1) is 19.4. The summed E-state index contributed by atoms with van der Waals surface area (Å²) in [4.78, 5) is 29.3. The van der Waals surface area contributed by atoms with Crippen LogP contribution in [0.3, 0.4) is 0 Å². The average molecular weight is 445 g/mol. The average Bonchev–Trinajstić information content (AvgIpc) is 3.24. The van der Waals surface area contributed by atoms with Gasteiger partial charge in [0.25, 0.3) is 11.5 Å². The highest BCUT2D eigenvalue weighted by atomic mass is 32.1. The molecule has 1 amide bonds. The normalized spacial score (nSPS) is 19.7. The van der Waals surface area contributed by atoms with Crippen LogP contribution < -0.4 is 5.56 Å². The van der Waals surface area contributed by atoms with Gasteiger partial charge < -0.3 is 9.47 Å². The van der Waals surface area contributed by atoms with Crippen LogP contribution in [0.2, 0.25) is 0 Å². The zero-order chi connectivity index (χ0) is 21.8. The molecule has 0 radical (unpaired) electrons. The Kier molecular flexibility index (Phi) is 4.50. The highest BCUT2D eigenvalue weighted by molar-refractivity contribution is 7.22. The van der Waals surface area contributed by atoms with Crippen molar-refractivity contribution in [3.8, 4) is 10.4 Å². The van der Waals surface area contributed by atoms with E-state index in [2.05, 4.69) is 24.3 Å². The van der Waals surface area contributed by atoms with Crippen LogP contribution in [0.4, 0.5) is 4.39 Å². The number of piperidine rings is 1. The van der Waals surface area contributed by atoms with E-state index in [0.29, 0.717) is 25.2 Å². The maximum absolute atomic E-state index is 13.4. The van der Waals surface area contributed by atoms with Crippen molar-refractivity contribution >= 4 is 27.3 Å². The molecule has 4 aromatic rings. The number of fused-ring (bicyclic) bond motifs is 5. The molecule has 2 atom stereocenters. The van der Waals surface area contributed by atoms with E-state index in [1.54, 1.807) is 11.3 Å². The second-order valence-electron chi connectivity index (χ2n) is 8.75. The molecule has 6 heteroatoms. The first-order chi connectivity index (χ1) is 15.6. The molecule has 2 aliphatic rings. The number of benzene rings is 2. The summed E-state index contributed by atoms with van der Waals surface area (Å²) < 4.78 is 16.3. The van der Waals surface area contributed by atoms with Gasteiger partial charge in [0, 0.05) is 46.4 Å². The van der Waals surface area contributed by atoms with Crippen LogP contribution in [0.15, 0.2) is 71.5 Å². The quantitative estimate of drug-likeness (QED) is 0.430. The minimum atomic E-state index is -0.347.